The lowest BCUT2D eigenvalue weighted by molar-refractivity contribution is 0.102. The lowest BCUT2D eigenvalue weighted by Gasteiger charge is -2.16. The van der Waals surface area contributed by atoms with Crippen molar-refractivity contribution in [3.05, 3.63) is 76.7 Å². The van der Waals surface area contributed by atoms with Crippen LogP contribution in [0.4, 0.5) is 15.9 Å². The lowest BCUT2D eigenvalue weighted by Crippen LogP contribution is -2.14. The maximum absolute atomic E-state index is 13.0. The van der Waals surface area contributed by atoms with Crippen molar-refractivity contribution in [1.29, 1.82) is 0 Å². The topological polar surface area (TPSA) is 58.1 Å². The van der Waals surface area contributed by atoms with Gasteiger partial charge >= 0.3 is 0 Å². The fourth-order valence-electron chi connectivity index (χ4n) is 2.73. The van der Waals surface area contributed by atoms with Gasteiger partial charge in [0.2, 0.25) is 0 Å². The molecule has 7 heteroatoms. The van der Waals surface area contributed by atoms with Crippen molar-refractivity contribution in [2.75, 3.05) is 24.3 Å². The molecule has 0 radical (unpaired) electrons. The van der Waals surface area contributed by atoms with E-state index in [1.807, 2.05) is 45.0 Å². The number of benzene rings is 2. The number of hydrogen-bond acceptors (Lipinski definition) is 5. The Morgan fingerprint density at radius 1 is 1.03 bits per heavy atom. The minimum Gasteiger partial charge on any atom is -0.362 e. The number of nitrogens with one attached hydrogen (secondary N) is 1. The molecule has 29 heavy (non-hydrogen) atoms. The van der Waals surface area contributed by atoms with Crippen molar-refractivity contribution in [2.45, 2.75) is 24.8 Å². The molecule has 0 aliphatic rings. The fourth-order valence-corrected chi connectivity index (χ4v) is 3.57. The molecule has 0 saturated carbocycles. The summed E-state index contributed by atoms with van der Waals surface area (Å²) in [5.74, 6) is 1.06. The standard InChI is InChI=1S/C22H23FN4OS/c1-14-15(2)24-22(26-20(14)27(3)4)29-13-16-5-7-17(8-6-16)21(28)25-19-11-9-18(23)10-12-19/h5-12H,13H2,1-4H3,(H,25,28). The van der Waals surface area contributed by atoms with Gasteiger partial charge in [0, 0.05) is 42.4 Å². The molecular formula is C22H23FN4OS. The number of amides is 1. The summed E-state index contributed by atoms with van der Waals surface area (Å²) in [5.41, 5.74) is 4.22. The molecule has 3 rings (SSSR count). The fraction of sp³-hybridized carbons (Fsp3) is 0.227. The predicted molar refractivity (Wildman–Crippen MR) is 116 cm³/mol. The Bertz CT molecular complexity index is 1000. The van der Waals surface area contributed by atoms with E-state index >= 15 is 0 Å². The third-order valence-corrected chi connectivity index (χ3v) is 5.37. The van der Waals surface area contributed by atoms with Gasteiger partial charge in [-0.2, -0.15) is 0 Å². The first kappa shape index (κ1) is 20.8. The van der Waals surface area contributed by atoms with E-state index in [1.165, 1.54) is 24.3 Å². The number of carbonyl (C=O) groups is 1. The summed E-state index contributed by atoms with van der Waals surface area (Å²) >= 11 is 1.56. The van der Waals surface area contributed by atoms with Crippen LogP contribution in [0, 0.1) is 19.7 Å². The Balaban J connectivity index is 1.63. The quantitative estimate of drug-likeness (QED) is 0.465. The molecule has 5 nitrogen and oxygen atoms in total. The highest BCUT2D eigenvalue weighted by molar-refractivity contribution is 7.98. The molecule has 3 aromatic rings. The second-order valence-electron chi connectivity index (χ2n) is 6.88. The number of aryl methyl sites for hydroxylation is 1. The number of carbonyl (C=O) groups excluding carboxylic acids is 1. The van der Waals surface area contributed by atoms with Gasteiger partial charge in [-0.3, -0.25) is 4.79 Å². The number of aromatic nitrogens is 2. The van der Waals surface area contributed by atoms with Crippen LogP contribution >= 0.6 is 11.8 Å². The van der Waals surface area contributed by atoms with E-state index in [0.29, 0.717) is 17.0 Å². The highest BCUT2D eigenvalue weighted by atomic mass is 32.2. The van der Waals surface area contributed by atoms with Crippen molar-refractivity contribution in [3.63, 3.8) is 0 Å². The average Bonchev–Trinajstić information content (AvgIpc) is 2.70. The SMILES string of the molecule is Cc1nc(SCc2ccc(C(=O)Nc3ccc(F)cc3)cc2)nc(N(C)C)c1C. The molecule has 150 valence electrons. The van der Waals surface area contributed by atoms with Crippen molar-refractivity contribution in [2.24, 2.45) is 0 Å². The molecular weight excluding hydrogens is 387 g/mol. The van der Waals surface area contributed by atoms with Crippen molar-refractivity contribution in [1.82, 2.24) is 9.97 Å². The molecule has 0 unspecified atom stereocenters. The molecule has 0 aliphatic carbocycles. The van der Waals surface area contributed by atoms with Crippen LogP contribution in [0.5, 0.6) is 0 Å². The molecule has 0 aliphatic heterocycles. The van der Waals surface area contributed by atoms with Crippen LogP contribution in [0.25, 0.3) is 0 Å². The van der Waals surface area contributed by atoms with Crippen LogP contribution in [-0.2, 0) is 5.75 Å². The first-order valence-corrected chi connectivity index (χ1v) is 10.1. The zero-order valence-electron chi connectivity index (χ0n) is 16.9. The Labute approximate surface area is 174 Å². The summed E-state index contributed by atoms with van der Waals surface area (Å²) < 4.78 is 13.0. The first-order chi connectivity index (χ1) is 13.8. The van der Waals surface area contributed by atoms with Gasteiger partial charge in [-0.1, -0.05) is 23.9 Å². The van der Waals surface area contributed by atoms with Crippen molar-refractivity contribution >= 4 is 29.2 Å². The molecule has 0 atom stereocenters. The number of anilines is 2. The van der Waals surface area contributed by atoms with Gasteiger partial charge in [-0.05, 0) is 55.8 Å². The zero-order chi connectivity index (χ0) is 21.0. The summed E-state index contributed by atoms with van der Waals surface area (Å²) in [6.45, 7) is 4.01. The van der Waals surface area contributed by atoms with Gasteiger partial charge in [0.05, 0.1) is 0 Å². The molecule has 1 aromatic heterocycles. The molecule has 0 bridgehead atoms. The van der Waals surface area contributed by atoms with Crippen LogP contribution in [0.3, 0.4) is 0 Å². The minimum absolute atomic E-state index is 0.232. The van der Waals surface area contributed by atoms with Crippen molar-refractivity contribution < 1.29 is 9.18 Å². The Morgan fingerprint density at radius 3 is 2.31 bits per heavy atom. The minimum atomic E-state index is -0.338. The summed E-state index contributed by atoms with van der Waals surface area (Å²) in [5, 5.41) is 3.49. The normalized spacial score (nSPS) is 10.7. The van der Waals surface area contributed by atoms with Crippen LogP contribution in [0.2, 0.25) is 0 Å². The third-order valence-electron chi connectivity index (χ3n) is 4.45. The number of nitrogens with zero attached hydrogens (tertiary/aromatic N) is 3. The molecule has 1 N–H and O–H groups in total. The molecule has 0 spiro atoms. The zero-order valence-corrected chi connectivity index (χ0v) is 17.7. The number of thioether (sulfide) groups is 1. The summed E-state index contributed by atoms with van der Waals surface area (Å²) in [6, 6.07) is 13.1. The van der Waals surface area contributed by atoms with E-state index < -0.39 is 0 Å². The van der Waals surface area contributed by atoms with E-state index in [-0.39, 0.29) is 11.7 Å². The summed E-state index contributed by atoms with van der Waals surface area (Å²) in [7, 11) is 3.94. The predicted octanol–water partition coefficient (Wildman–Crippen LogP) is 4.84. The van der Waals surface area contributed by atoms with E-state index in [1.54, 1.807) is 23.9 Å². The molecule has 2 aromatic carbocycles. The first-order valence-electron chi connectivity index (χ1n) is 9.14. The summed E-state index contributed by atoms with van der Waals surface area (Å²) in [6.07, 6.45) is 0. The van der Waals surface area contributed by atoms with Crippen LogP contribution in [-0.4, -0.2) is 30.0 Å². The van der Waals surface area contributed by atoms with E-state index in [9.17, 15) is 9.18 Å². The number of halogens is 1. The van der Waals surface area contributed by atoms with Crippen LogP contribution < -0.4 is 10.2 Å². The second kappa shape index (κ2) is 9.05. The number of rotatable bonds is 6. The smallest absolute Gasteiger partial charge is 0.255 e. The van der Waals surface area contributed by atoms with Crippen LogP contribution in [0.15, 0.2) is 53.7 Å². The van der Waals surface area contributed by atoms with E-state index in [2.05, 4.69) is 15.3 Å². The van der Waals surface area contributed by atoms with E-state index in [4.69, 9.17) is 0 Å². The summed E-state index contributed by atoms with van der Waals surface area (Å²) in [4.78, 5) is 23.5. The third kappa shape index (κ3) is 5.32. The molecule has 1 amide bonds. The second-order valence-corrected chi connectivity index (χ2v) is 7.82. The Morgan fingerprint density at radius 2 is 1.69 bits per heavy atom. The lowest BCUT2D eigenvalue weighted by atomic mass is 10.1. The highest BCUT2D eigenvalue weighted by Crippen LogP contribution is 2.25. The Hall–Kier alpha value is -2.93. The van der Waals surface area contributed by atoms with E-state index in [0.717, 1.165) is 27.8 Å². The van der Waals surface area contributed by atoms with Gasteiger partial charge in [-0.25, -0.2) is 14.4 Å². The molecule has 1 heterocycles. The molecule has 0 saturated heterocycles. The maximum Gasteiger partial charge on any atom is 0.255 e. The van der Waals surface area contributed by atoms with Crippen molar-refractivity contribution in [3.8, 4) is 0 Å². The van der Waals surface area contributed by atoms with Gasteiger partial charge in [-0.15, -0.1) is 0 Å². The molecule has 0 fully saturated rings. The highest BCUT2D eigenvalue weighted by Gasteiger charge is 2.11. The van der Waals surface area contributed by atoms with Crippen LogP contribution in [0.1, 0.15) is 27.2 Å². The maximum atomic E-state index is 13.0. The largest absolute Gasteiger partial charge is 0.362 e. The van der Waals surface area contributed by atoms with Gasteiger partial charge in [0.25, 0.3) is 5.91 Å². The monoisotopic (exact) mass is 410 g/mol. The average molecular weight is 411 g/mol. The number of hydrogen-bond donors (Lipinski definition) is 1. The van der Waals surface area contributed by atoms with Gasteiger partial charge in [0.1, 0.15) is 11.6 Å². The van der Waals surface area contributed by atoms with Gasteiger partial charge < -0.3 is 10.2 Å². The van der Waals surface area contributed by atoms with Gasteiger partial charge in [0.15, 0.2) is 5.16 Å². The Kier molecular flexibility index (Phi) is 6.49.